The first-order valence-corrected chi connectivity index (χ1v) is 8.02. The summed E-state index contributed by atoms with van der Waals surface area (Å²) in [4.78, 5) is 24.1. The quantitative estimate of drug-likeness (QED) is 0.442. The summed E-state index contributed by atoms with van der Waals surface area (Å²) in [6.07, 6.45) is 5.17. The molecule has 0 N–H and O–H groups in total. The molecule has 0 amide bonds. The third kappa shape index (κ3) is 2.96. The van der Waals surface area contributed by atoms with Crippen LogP contribution in [0.15, 0.2) is 48.1 Å². The predicted octanol–water partition coefficient (Wildman–Crippen LogP) is 2.64. The van der Waals surface area contributed by atoms with E-state index < -0.39 is 35.7 Å². The second-order valence-electron chi connectivity index (χ2n) is 6.97. The van der Waals surface area contributed by atoms with Gasteiger partial charge in [-0.15, -0.1) is 0 Å². The molecular weight excluding hydrogens is 308 g/mol. The number of hydrogen-bond donors (Lipinski definition) is 0. The lowest BCUT2D eigenvalue weighted by molar-refractivity contribution is -0.148. The fraction of sp³-hybridized carbons (Fsp3) is 0.474. The van der Waals surface area contributed by atoms with Crippen LogP contribution in [0.5, 0.6) is 0 Å². The molecule has 5 nitrogen and oxygen atoms in total. The summed E-state index contributed by atoms with van der Waals surface area (Å²) in [6, 6.07) is 0. The van der Waals surface area contributed by atoms with Gasteiger partial charge in [0.05, 0.1) is 11.5 Å². The van der Waals surface area contributed by atoms with Crippen LogP contribution in [0, 0.1) is 5.92 Å². The molecule has 2 fully saturated rings. The molecule has 0 spiro atoms. The van der Waals surface area contributed by atoms with Crippen LogP contribution in [-0.2, 0) is 23.8 Å². The number of ether oxygens (including phenoxy) is 3. The Labute approximate surface area is 141 Å². The fourth-order valence-corrected chi connectivity index (χ4v) is 3.28. The third-order valence-corrected chi connectivity index (χ3v) is 4.78. The average Bonchev–Trinajstić information content (AvgIpc) is 3.04. The van der Waals surface area contributed by atoms with Gasteiger partial charge in [0, 0.05) is 17.6 Å². The zero-order chi connectivity index (χ0) is 17.6. The lowest BCUT2D eigenvalue weighted by Gasteiger charge is -2.28. The van der Waals surface area contributed by atoms with Gasteiger partial charge in [-0.05, 0) is 26.8 Å². The van der Waals surface area contributed by atoms with Crippen molar-refractivity contribution in [3.05, 3.63) is 48.1 Å². The summed E-state index contributed by atoms with van der Waals surface area (Å²) in [5, 5.41) is 0. The molecule has 0 bridgehead atoms. The third-order valence-electron chi connectivity index (χ3n) is 4.78. The lowest BCUT2D eigenvalue weighted by atomic mass is 9.83. The maximum Gasteiger partial charge on any atom is 0.334 e. The van der Waals surface area contributed by atoms with Gasteiger partial charge in [0.1, 0.15) is 18.3 Å². The highest BCUT2D eigenvalue weighted by molar-refractivity contribution is 5.91. The highest BCUT2D eigenvalue weighted by Gasteiger charge is 2.56. The first kappa shape index (κ1) is 16.7. The number of hydrogen-bond acceptors (Lipinski definition) is 5. The maximum absolute atomic E-state index is 12.1. The smallest absolute Gasteiger partial charge is 0.334 e. The van der Waals surface area contributed by atoms with E-state index in [9.17, 15) is 9.59 Å². The average molecular weight is 330 g/mol. The van der Waals surface area contributed by atoms with Gasteiger partial charge < -0.3 is 14.2 Å². The molecule has 2 aliphatic heterocycles. The first-order valence-electron chi connectivity index (χ1n) is 8.02. The molecule has 0 aromatic heterocycles. The van der Waals surface area contributed by atoms with E-state index in [1.165, 1.54) is 0 Å². The number of epoxide rings is 1. The SMILES string of the molecule is C=C(C)C(=O)O[C@@H]1C[C@@]2(C)O[C@@H]2/C=C\C(C)=C/[C@@H]2OC(=O)C(=C)[C@@H]21. The Hall–Kier alpha value is -2.14. The van der Waals surface area contributed by atoms with Crippen LogP contribution >= 0.6 is 0 Å². The van der Waals surface area contributed by atoms with Gasteiger partial charge in [0.25, 0.3) is 0 Å². The summed E-state index contributed by atoms with van der Waals surface area (Å²) in [5.74, 6) is -1.36. The van der Waals surface area contributed by atoms with Crippen LogP contribution in [0.25, 0.3) is 0 Å². The summed E-state index contributed by atoms with van der Waals surface area (Å²) in [6.45, 7) is 13.0. The van der Waals surface area contributed by atoms with Crippen LogP contribution in [-0.4, -0.2) is 35.9 Å². The van der Waals surface area contributed by atoms with Crippen LogP contribution in [0.2, 0.25) is 0 Å². The van der Waals surface area contributed by atoms with Crippen molar-refractivity contribution in [1.82, 2.24) is 0 Å². The topological polar surface area (TPSA) is 65.1 Å². The second-order valence-corrected chi connectivity index (χ2v) is 6.97. The number of carbonyl (C=O) groups is 2. The Morgan fingerprint density at radius 2 is 2.17 bits per heavy atom. The summed E-state index contributed by atoms with van der Waals surface area (Å²) < 4.78 is 16.9. The van der Waals surface area contributed by atoms with Crippen molar-refractivity contribution in [1.29, 1.82) is 0 Å². The molecule has 2 saturated heterocycles. The molecule has 128 valence electrons. The van der Waals surface area contributed by atoms with Gasteiger partial charge in [-0.3, -0.25) is 0 Å². The number of carbonyl (C=O) groups excluding carboxylic acids is 2. The largest absolute Gasteiger partial charge is 0.458 e. The van der Waals surface area contributed by atoms with Crippen molar-refractivity contribution >= 4 is 11.9 Å². The molecule has 3 aliphatic rings. The van der Waals surface area contributed by atoms with Gasteiger partial charge >= 0.3 is 11.9 Å². The molecular formula is C19H22O5. The van der Waals surface area contributed by atoms with Gasteiger partial charge in [0.15, 0.2) is 0 Å². The molecule has 2 heterocycles. The molecule has 0 radical (unpaired) electrons. The lowest BCUT2D eigenvalue weighted by Crippen LogP contribution is -2.36. The van der Waals surface area contributed by atoms with E-state index in [1.54, 1.807) is 6.92 Å². The van der Waals surface area contributed by atoms with Crippen LogP contribution in [0.1, 0.15) is 27.2 Å². The molecule has 5 atom stereocenters. The normalized spacial score (nSPS) is 41.2. The van der Waals surface area contributed by atoms with E-state index in [4.69, 9.17) is 14.2 Å². The number of allylic oxidation sites excluding steroid dienone is 2. The molecule has 0 unspecified atom stereocenters. The van der Waals surface area contributed by atoms with Crippen molar-refractivity contribution < 1.29 is 23.8 Å². The van der Waals surface area contributed by atoms with E-state index in [2.05, 4.69) is 13.2 Å². The standard InChI is InChI=1S/C19H22O5/c1-10(2)17(20)23-14-9-19(5)15(24-19)7-6-11(3)8-13-16(14)12(4)18(21)22-13/h6-8,13-16H,1,4,9H2,2-3,5H3/b7-6-,11-8-/t13-,14+,15+,16-,19+/m0/s1. The minimum atomic E-state index is -0.566. The van der Waals surface area contributed by atoms with E-state index in [-0.39, 0.29) is 6.10 Å². The van der Waals surface area contributed by atoms with Gasteiger partial charge in [0.2, 0.25) is 0 Å². The first-order chi connectivity index (χ1) is 11.2. The Bertz CT molecular complexity index is 686. The Morgan fingerprint density at radius 3 is 2.83 bits per heavy atom. The fourth-order valence-electron chi connectivity index (χ4n) is 3.28. The molecule has 0 aromatic carbocycles. The van der Waals surface area contributed by atoms with Crippen molar-refractivity contribution in [2.24, 2.45) is 5.92 Å². The monoisotopic (exact) mass is 330 g/mol. The van der Waals surface area contributed by atoms with Crippen molar-refractivity contribution in [3.63, 3.8) is 0 Å². The summed E-state index contributed by atoms with van der Waals surface area (Å²) >= 11 is 0. The highest BCUT2D eigenvalue weighted by Crippen LogP contribution is 2.46. The van der Waals surface area contributed by atoms with Gasteiger partial charge in [-0.2, -0.15) is 0 Å². The Kier molecular flexibility index (Phi) is 4.00. The number of rotatable bonds is 2. The second kappa shape index (κ2) is 5.74. The van der Waals surface area contributed by atoms with Gasteiger partial charge in [-0.1, -0.05) is 30.9 Å². The molecule has 0 aromatic rings. The molecule has 5 heteroatoms. The molecule has 3 rings (SSSR count). The van der Waals surface area contributed by atoms with Crippen molar-refractivity contribution in [2.75, 3.05) is 0 Å². The maximum atomic E-state index is 12.1. The Morgan fingerprint density at radius 1 is 1.46 bits per heavy atom. The Balaban J connectivity index is 1.98. The molecule has 0 saturated carbocycles. The molecule has 1 aliphatic carbocycles. The highest BCUT2D eigenvalue weighted by atomic mass is 16.6. The van der Waals surface area contributed by atoms with Gasteiger partial charge in [-0.25, -0.2) is 9.59 Å². The van der Waals surface area contributed by atoms with Crippen LogP contribution in [0.3, 0.4) is 0 Å². The van der Waals surface area contributed by atoms with E-state index in [0.29, 0.717) is 17.6 Å². The van der Waals surface area contributed by atoms with Crippen LogP contribution in [0.4, 0.5) is 0 Å². The minimum absolute atomic E-state index is 0.0327. The zero-order valence-corrected chi connectivity index (χ0v) is 14.2. The number of esters is 2. The minimum Gasteiger partial charge on any atom is -0.458 e. The van der Waals surface area contributed by atoms with E-state index >= 15 is 0 Å². The predicted molar refractivity (Wildman–Crippen MR) is 88.0 cm³/mol. The van der Waals surface area contributed by atoms with Crippen molar-refractivity contribution in [3.8, 4) is 0 Å². The van der Waals surface area contributed by atoms with Crippen LogP contribution < -0.4 is 0 Å². The zero-order valence-electron chi connectivity index (χ0n) is 14.2. The number of fused-ring (bicyclic) bond motifs is 2. The summed E-state index contributed by atoms with van der Waals surface area (Å²) in [5.41, 5.74) is 1.17. The van der Waals surface area contributed by atoms with E-state index in [1.807, 2.05) is 32.1 Å². The molecule has 24 heavy (non-hydrogen) atoms. The summed E-state index contributed by atoms with van der Waals surface area (Å²) in [7, 11) is 0. The van der Waals surface area contributed by atoms with Crippen molar-refractivity contribution in [2.45, 2.75) is 51.1 Å². The van der Waals surface area contributed by atoms with E-state index in [0.717, 1.165) is 5.57 Å².